The number of halogens is 1. The molecule has 4 heteroatoms. The molecule has 1 aromatic carbocycles. The monoisotopic (exact) mass is 301 g/mol. The molecule has 1 aromatic rings. The summed E-state index contributed by atoms with van der Waals surface area (Å²) in [5.41, 5.74) is 0.984. The quantitative estimate of drug-likeness (QED) is 0.636. The highest BCUT2D eigenvalue weighted by molar-refractivity contribution is 6.31. The van der Waals surface area contributed by atoms with Gasteiger partial charge in [-0.2, -0.15) is 0 Å². The van der Waals surface area contributed by atoms with Crippen molar-refractivity contribution in [1.29, 1.82) is 0 Å². The van der Waals surface area contributed by atoms with E-state index in [0.717, 1.165) is 12.0 Å². The van der Waals surface area contributed by atoms with Gasteiger partial charge >= 0.3 is 0 Å². The summed E-state index contributed by atoms with van der Waals surface area (Å²) in [6.07, 6.45) is 5.84. The number of allylic oxidation sites excluding steroid dienone is 2. The maximum atomic E-state index is 12.5. The lowest BCUT2D eigenvalue weighted by atomic mass is 9.85. The minimum atomic E-state index is -0.0984. The first-order valence-electron chi connectivity index (χ1n) is 7.44. The second-order valence-corrected chi connectivity index (χ2v) is 6.58. The smallest absolute Gasteiger partial charge is 0.233 e. The summed E-state index contributed by atoms with van der Waals surface area (Å²) in [4.78, 5) is 26.5. The largest absolute Gasteiger partial charge is 0.282 e. The lowest BCUT2D eigenvalue weighted by molar-refractivity contribution is -0.140. The van der Waals surface area contributed by atoms with Gasteiger partial charge in [0.15, 0.2) is 0 Å². The van der Waals surface area contributed by atoms with Gasteiger partial charge in [-0.3, -0.25) is 14.5 Å². The second kappa shape index (κ2) is 4.70. The molecular weight excluding hydrogens is 286 g/mol. The molecule has 2 fully saturated rings. The Morgan fingerprint density at radius 2 is 1.67 bits per heavy atom. The van der Waals surface area contributed by atoms with Crippen molar-refractivity contribution >= 4 is 23.4 Å². The Hall–Kier alpha value is -1.61. The van der Waals surface area contributed by atoms with Gasteiger partial charge in [0.2, 0.25) is 11.8 Å². The average molecular weight is 302 g/mol. The van der Waals surface area contributed by atoms with E-state index in [4.69, 9.17) is 11.6 Å². The normalized spacial score (nSPS) is 33.1. The maximum absolute atomic E-state index is 12.5. The van der Waals surface area contributed by atoms with Gasteiger partial charge in [0.05, 0.1) is 11.8 Å². The van der Waals surface area contributed by atoms with Gasteiger partial charge in [0.1, 0.15) is 0 Å². The highest BCUT2D eigenvalue weighted by Gasteiger charge is 2.58. The van der Waals surface area contributed by atoms with Crippen LogP contribution in [-0.4, -0.2) is 23.3 Å². The highest BCUT2D eigenvalue weighted by Crippen LogP contribution is 2.52. The standard InChI is InChI=1S/C17H16ClNO2/c18-13-4-2-1-3-10(13)7-8-19-16(20)14-11-5-6-12(9-11)15(14)17(19)21/h1-6,11-12,14-15H,7-9H2. The Morgan fingerprint density at radius 1 is 1.05 bits per heavy atom. The minimum absolute atomic E-state index is 0.0221. The van der Waals surface area contributed by atoms with Crippen LogP contribution in [-0.2, 0) is 16.0 Å². The van der Waals surface area contributed by atoms with Gasteiger partial charge < -0.3 is 0 Å². The number of fused-ring (bicyclic) bond motifs is 5. The molecule has 0 spiro atoms. The predicted octanol–water partition coefficient (Wildman–Crippen LogP) is 2.69. The molecule has 0 aromatic heterocycles. The third kappa shape index (κ3) is 1.87. The molecule has 3 aliphatic rings. The van der Waals surface area contributed by atoms with Crippen LogP contribution in [0.4, 0.5) is 0 Å². The van der Waals surface area contributed by atoms with Gasteiger partial charge in [-0.15, -0.1) is 0 Å². The molecule has 2 aliphatic carbocycles. The first-order chi connectivity index (χ1) is 10.2. The Bertz CT molecular complexity index is 624. The number of amides is 2. The van der Waals surface area contributed by atoms with Crippen LogP contribution < -0.4 is 0 Å². The molecule has 1 saturated carbocycles. The fraction of sp³-hybridized carbons (Fsp3) is 0.412. The first-order valence-corrected chi connectivity index (χ1v) is 7.81. The summed E-state index contributed by atoms with van der Waals surface area (Å²) in [6.45, 7) is 0.438. The molecule has 4 atom stereocenters. The minimum Gasteiger partial charge on any atom is -0.282 e. The molecule has 0 radical (unpaired) electrons. The third-order valence-electron chi connectivity index (χ3n) is 5.12. The Labute approximate surface area is 128 Å². The number of rotatable bonds is 3. The zero-order chi connectivity index (χ0) is 14.6. The number of carbonyl (C=O) groups is 2. The van der Waals surface area contributed by atoms with Gasteiger partial charge in [-0.1, -0.05) is 42.0 Å². The number of carbonyl (C=O) groups excluding carboxylic acids is 2. The van der Waals surface area contributed by atoms with Crippen LogP contribution >= 0.6 is 11.6 Å². The van der Waals surface area contributed by atoms with E-state index in [1.165, 1.54) is 4.90 Å². The molecule has 1 heterocycles. The van der Waals surface area contributed by atoms with E-state index in [2.05, 4.69) is 12.2 Å². The Balaban J connectivity index is 1.51. The van der Waals surface area contributed by atoms with Crippen LogP contribution in [0, 0.1) is 23.7 Å². The van der Waals surface area contributed by atoms with E-state index >= 15 is 0 Å². The van der Waals surface area contributed by atoms with Crippen molar-refractivity contribution in [2.24, 2.45) is 23.7 Å². The summed E-state index contributed by atoms with van der Waals surface area (Å²) in [5, 5.41) is 0.693. The molecular formula is C17H16ClNO2. The van der Waals surface area contributed by atoms with E-state index < -0.39 is 0 Å². The SMILES string of the molecule is O=C1C2C3C=CC(C3)C2C(=O)N1CCc1ccccc1Cl. The fourth-order valence-electron chi connectivity index (χ4n) is 4.12. The van der Waals surface area contributed by atoms with Crippen molar-refractivity contribution < 1.29 is 9.59 Å². The lowest BCUT2D eigenvalue weighted by Crippen LogP contribution is -2.34. The highest BCUT2D eigenvalue weighted by atomic mass is 35.5. The van der Waals surface area contributed by atoms with Crippen LogP contribution in [0.5, 0.6) is 0 Å². The van der Waals surface area contributed by atoms with Crippen molar-refractivity contribution in [2.75, 3.05) is 6.54 Å². The van der Waals surface area contributed by atoms with Crippen molar-refractivity contribution in [3.05, 3.63) is 47.0 Å². The van der Waals surface area contributed by atoms with Crippen LogP contribution in [0.25, 0.3) is 0 Å². The molecule has 108 valence electrons. The zero-order valence-corrected chi connectivity index (χ0v) is 12.3. The number of imide groups is 1. The van der Waals surface area contributed by atoms with Crippen LogP contribution in [0.1, 0.15) is 12.0 Å². The summed E-state index contributed by atoms with van der Waals surface area (Å²) in [5.74, 6) is 0.406. The molecule has 2 amide bonds. The van der Waals surface area contributed by atoms with Crippen LogP contribution in [0.3, 0.4) is 0 Å². The van der Waals surface area contributed by atoms with Crippen LogP contribution in [0.15, 0.2) is 36.4 Å². The molecule has 1 saturated heterocycles. The molecule has 0 N–H and O–H groups in total. The van der Waals surface area contributed by atoms with E-state index in [-0.39, 0.29) is 35.5 Å². The summed E-state index contributed by atoms with van der Waals surface area (Å²) in [6, 6.07) is 7.59. The molecule has 4 rings (SSSR count). The Kier molecular flexibility index (Phi) is 2.93. The van der Waals surface area contributed by atoms with Crippen molar-refractivity contribution in [3.8, 4) is 0 Å². The van der Waals surface area contributed by atoms with Crippen molar-refractivity contribution in [2.45, 2.75) is 12.8 Å². The van der Waals surface area contributed by atoms with E-state index in [1.54, 1.807) is 0 Å². The third-order valence-corrected chi connectivity index (χ3v) is 5.49. The second-order valence-electron chi connectivity index (χ2n) is 6.17. The number of hydrogen-bond acceptors (Lipinski definition) is 2. The van der Waals surface area contributed by atoms with Gasteiger partial charge in [-0.05, 0) is 36.3 Å². The lowest BCUT2D eigenvalue weighted by Gasteiger charge is -2.17. The molecule has 21 heavy (non-hydrogen) atoms. The van der Waals surface area contributed by atoms with Crippen LogP contribution in [0.2, 0.25) is 5.02 Å². The van der Waals surface area contributed by atoms with Gasteiger partial charge in [0, 0.05) is 11.6 Å². The maximum Gasteiger partial charge on any atom is 0.233 e. The topological polar surface area (TPSA) is 37.4 Å². The molecule has 3 nitrogen and oxygen atoms in total. The summed E-state index contributed by atoms with van der Waals surface area (Å²) >= 11 is 6.14. The predicted molar refractivity (Wildman–Crippen MR) is 79.6 cm³/mol. The Morgan fingerprint density at radius 3 is 2.29 bits per heavy atom. The van der Waals surface area contributed by atoms with E-state index in [0.29, 0.717) is 18.0 Å². The number of benzene rings is 1. The van der Waals surface area contributed by atoms with Gasteiger partial charge in [0.25, 0.3) is 0 Å². The van der Waals surface area contributed by atoms with Crippen molar-refractivity contribution in [1.82, 2.24) is 4.90 Å². The number of likely N-dealkylation sites (tertiary alicyclic amines) is 1. The van der Waals surface area contributed by atoms with Crippen molar-refractivity contribution in [3.63, 3.8) is 0 Å². The summed E-state index contributed by atoms with van der Waals surface area (Å²) in [7, 11) is 0. The fourth-order valence-corrected chi connectivity index (χ4v) is 4.35. The van der Waals surface area contributed by atoms with E-state index in [9.17, 15) is 9.59 Å². The van der Waals surface area contributed by atoms with E-state index in [1.807, 2.05) is 24.3 Å². The number of nitrogens with zero attached hydrogens (tertiary/aromatic N) is 1. The number of hydrogen-bond donors (Lipinski definition) is 0. The zero-order valence-electron chi connectivity index (χ0n) is 11.5. The molecule has 1 aliphatic heterocycles. The first kappa shape index (κ1) is 13.1. The molecule has 2 bridgehead atoms. The average Bonchev–Trinajstić information content (AvgIpc) is 3.14. The summed E-state index contributed by atoms with van der Waals surface area (Å²) < 4.78 is 0. The van der Waals surface area contributed by atoms with Gasteiger partial charge in [-0.25, -0.2) is 0 Å². The molecule has 4 unspecified atom stereocenters.